The van der Waals surface area contributed by atoms with Gasteiger partial charge in [0.1, 0.15) is 0 Å². The van der Waals surface area contributed by atoms with Gasteiger partial charge in [0.15, 0.2) is 0 Å². The van der Waals surface area contributed by atoms with Crippen molar-refractivity contribution in [2.45, 2.75) is 12.1 Å². The Morgan fingerprint density at radius 1 is 1.45 bits per heavy atom. The van der Waals surface area contributed by atoms with E-state index in [-0.39, 0.29) is 12.0 Å². The quantitative estimate of drug-likeness (QED) is 0.503. The Kier molecular flexibility index (Phi) is 1.94. The molecular formula is C8H13NO2. The average molecular weight is 155 g/mol. The van der Waals surface area contributed by atoms with E-state index >= 15 is 0 Å². The molecule has 2 aliphatic rings. The summed E-state index contributed by atoms with van der Waals surface area (Å²) in [5, 5.41) is 12.7. The molecule has 1 fully saturated rings. The van der Waals surface area contributed by atoms with Gasteiger partial charge in [-0.15, -0.1) is 0 Å². The third kappa shape index (κ3) is 1.31. The number of aliphatic hydroxyl groups is 1. The largest absolute Gasteiger partial charge is 0.390 e. The third-order valence-corrected chi connectivity index (χ3v) is 2.37. The molecule has 0 spiro atoms. The highest BCUT2D eigenvalue weighted by Crippen LogP contribution is 2.19. The van der Waals surface area contributed by atoms with E-state index in [4.69, 9.17) is 4.74 Å². The normalized spacial score (nSPS) is 43.5. The fraction of sp³-hybridized carbons (Fsp3) is 0.750. The van der Waals surface area contributed by atoms with Gasteiger partial charge < -0.3 is 15.2 Å². The van der Waals surface area contributed by atoms with E-state index in [1.807, 2.05) is 0 Å². The monoisotopic (exact) mass is 155 g/mol. The smallest absolute Gasteiger partial charge is 0.0841 e. The highest BCUT2D eigenvalue weighted by molar-refractivity contribution is 5.06. The van der Waals surface area contributed by atoms with Gasteiger partial charge in [-0.1, -0.05) is 12.2 Å². The van der Waals surface area contributed by atoms with Gasteiger partial charge in [0, 0.05) is 18.5 Å². The van der Waals surface area contributed by atoms with Crippen molar-refractivity contribution in [3.63, 3.8) is 0 Å². The summed E-state index contributed by atoms with van der Waals surface area (Å²) in [4.78, 5) is 0. The summed E-state index contributed by atoms with van der Waals surface area (Å²) >= 11 is 0. The van der Waals surface area contributed by atoms with Crippen molar-refractivity contribution in [2.24, 2.45) is 5.92 Å². The predicted molar refractivity (Wildman–Crippen MR) is 41.2 cm³/mol. The number of hydrogen-bond donors (Lipinski definition) is 2. The summed E-state index contributed by atoms with van der Waals surface area (Å²) < 4.78 is 5.16. The summed E-state index contributed by atoms with van der Waals surface area (Å²) in [5.41, 5.74) is 0. The number of hydrogen-bond acceptors (Lipinski definition) is 3. The molecule has 0 saturated carbocycles. The third-order valence-electron chi connectivity index (χ3n) is 2.37. The summed E-state index contributed by atoms with van der Waals surface area (Å²) in [7, 11) is 0. The molecule has 3 atom stereocenters. The molecule has 0 bridgehead atoms. The molecule has 0 aromatic rings. The molecule has 2 rings (SSSR count). The summed E-state index contributed by atoms with van der Waals surface area (Å²) in [6.45, 7) is 2.10. The summed E-state index contributed by atoms with van der Waals surface area (Å²) in [6, 6.07) is 0.326. The number of nitrogens with one attached hydrogen (secondary N) is 1. The molecule has 2 aliphatic heterocycles. The zero-order valence-corrected chi connectivity index (χ0v) is 6.36. The van der Waals surface area contributed by atoms with Gasteiger partial charge in [-0.2, -0.15) is 0 Å². The maximum Gasteiger partial charge on any atom is 0.0841 e. The lowest BCUT2D eigenvalue weighted by atomic mass is 9.98. The molecule has 0 aliphatic carbocycles. The molecule has 0 aromatic heterocycles. The first kappa shape index (κ1) is 7.28. The van der Waals surface area contributed by atoms with Crippen molar-refractivity contribution >= 4 is 0 Å². The Morgan fingerprint density at radius 3 is 2.91 bits per heavy atom. The number of ether oxygens (including phenoxy) is 1. The Morgan fingerprint density at radius 2 is 2.36 bits per heavy atom. The van der Waals surface area contributed by atoms with Crippen LogP contribution in [0.25, 0.3) is 0 Å². The number of rotatable bonds is 1. The molecule has 3 heteroatoms. The van der Waals surface area contributed by atoms with Crippen molar-refractivity contribution < 1.29 is 9.84 Å². The molecule has 2 N–H and O–H groups in total. The van der Waals surface area contributed by atoms with Gasteiger partial charge in [0.25, 0.3) is 0 Å². The fourth-order valence-electron chi connectivity index (χ4n) is 1.68. The molecule has 1 unspecified atom stereocenters. The zero-order valence-electron chi connectivity index (χ0n) is 6.36. The minimum Gasteiger partial charge on any atom is -0.390 e. The second kappa shape index (κ2) is 2.93. The van der Waals surface area contributed by atoms with Crippen LogP contribution in [0, 0.1) is 5.92 Å². The SMILES string of the molecule is O[C@@H]1COC[C@H]1C1C=CCN1. The first-order valence-electron chi connectivity index (χ1n) is 4.04. The lowest BCUT2D eigenvalue weighted by Crippen LogP contribution is -2.37. The number of aliphatic hydroxyl groups excluding tert-OH is 1. The standard InChI is InChI=1S/C8H13NO2/c10-8-5-11-4-6(8)7-2-1-3-9-7/h1-2,6-10H,3-5H2/t6-,7?,8+/m0/s1. The van der Waals surface area contributed by atoms with Crippen LogP contribution in [0.1, 0.15) is 0 Å². The first-order valence-corrected chi connectivity index (χ1v) is 4.04. The van der Waals surface area contributed by atoms with Crippen molar-refractivity contribution in [1.29, 1.82) is 0 Å². The van der Waals surface area contributed by atoms with Gasteiger partial charge in [0.05, 0.1) is 19.3 Å². The lowest BCUT2D eigenvalue weighted by molar-refractivity contribution is 0.115. The van der Waals surface area contributed by atoms with Crippen LogP contribution in [0.15, 0.2) is 12.2 Å². The van der Waals surface area contributed by atoms with Crippen molar-refractivity contribution in [1.82, 2.24) is 5.32 Å². The van der Waals surface area contributed by atoms with Gasteiger partial charge in [-0.05, 0) is 0 Å². The van der Waals surface area contributed by atoms with Gasteiger partial charge in [-0.25, -0.2) is 0 Å². The Hall–Kier alpha value is -0.380. The van der Waals surface area contributed by atoms with Gasteiger partial charge >= 0.3 is 0 Å². The molecule has 0 aromatic carbocycles. The molecule has 0 radical (unpaired) electrons. The topological polar surface area (TPSA) is 41.5 Å². The Balaban J connectivity index is 1.97. The van der Waals surface area contributed by atoms with E-state index in [1.54, 1.807) is 0 Å². The molecule has 2 heterocycles. The molecular weight excluding hydrogens is 142 g/mol. The maximum atomic E-state index is 9.45. The van der Waals surface area contributed by atoms with Crippen LogP contribution in [0.3, 0.4) is 0 Å². The highest BCUT2D eigenvalue weighted by atomic mass is 16.5. The van der Waals surface area contributed by atoms with Crippen LogP contribution in [0.4, 0.5) is 0 Å². The van der Waals surface area contributed by atoms with E-state index in [9.17, 15) is 5.11 Å². The fourth-order valence-corrected chi connectivity index (χ4v) is 1.68. The molecule has 1 saturated heterocycles. The molecule has 0 amide bonds. The minimum atomic E-state index is -0.282. The zero-order chi connectivity index (χ0) is 7.68. The Bertz CT molecular complexity index is 169. The molecule has 11 heavy (non-hydrogen) atoms. The molecule has 62 valence electrons. The minimum absolute atomic E-state index is 0.258. The predicted octanol–water partition coefficient (Wildman–Crippen LogP) is -0.478. The van der Waals surface area contributed by atoms with E-state index in [0.717, 1.165) is 6.54 Å². The van der Waals surface area contributed by atoms with Crippen LogP contribution < -0.4 is 5.32 Å². The van der Waals surface area contributed by atoms with E-state index in [0.29, 0.717) is 19.3 Å². The van der Waals surface area contributed by atoms with Crippen LogP contribution in [0.5, 0.6) is 0 Å². The van der Waals surface area contributed by atoms with Crippen LogP contribution in [-0.4, -0.2) is 37.0 Å². The average Bonchev–Trinajstić information content (AvgIpc) is 2.55. The lowest BCUT2D eigenvalue weighted by Gasteiger charge is -2.18. The van der Waals surface area contributed by atoms with E-state index in [1.165, 1.54) is 0 Å². The van der Waals surface area contributed by atoms with Gasteiger partial charge in [-0.3, -0.25) is 0 Å². The highest BCUT2D eigenvalue weighted by Gasteiger charge is 2.32. The summed E-state index contributed by atoms with van der Waals surface area (Å²) in [5.74, 6) is 0.258. The van der Waals surface area contributed by atoms with Crippen molar-refractivity contribution in [3.8, 4) is 0 Å². The first-order chi connectivity index (χ1) is 5.38. The van der Waals surface area contributed by atoms with E-state index < -0.39 is 0 Å². The second-order valence-electron chi connectivity index (χ2n) is 3.13. The van der Waals surface area contributed by atoms with Gasteiger partial charge in [0.2, 0.25) is 0 Å². The summed E-state index contributed by atoms with van der Waals surface area (Å²) in [6.07, 6.45) is 3.92. The Labute approximate surface area is 66.1 Å². The van der Waals surface area contributed by atoms with Crippen LogP contribution in [-0.2, 0) is 4.74 Å². The van der Waals surface area contributed by atoms with Crippen LogP contribution >= 0.6 is 0 Å². The van der Waals surface area contributed by atoms with Crippen LogP contribution in [0.2, 0.25) is 0 Å². The second-order valence-corrected chi connectivity index (χ2v) is 3.13. The molecule has 3 nitrogen and oxygen atoms in total. The van der Waals surface area contributed by atoms with Crippen molar-refractivity contribution in [2.75, 3.05) is 19.8 Å². The van der Waals surface area contributed by atoms with E-state index in [2.05, 4.69) is 17.5 Å². The van der Waals surface area contributed by atoms with Crippen molar-refractivity contribution in [3.05, 3.63) is 12.2 Å². The maximum absolute atomic E-state index is 9.45.